The van der Waals surface area contributed by atoms with Gasteiger partial charge in [-0.3, -0.25) is 4.98 Å². The zero-order valence-corrected chi connectivity index (χ0v) is 16.6. The number of rotatable bonds is 3. The number of nitrogens with zero attached hydrogens (tertiary/aromatic N) is 3. The van der Waals surface area contributed by atoms with Crippen LogP contribution in [0.2, 0.25) is 0 Å². The Bertz CT molecular complexity index is 1100. The molecule has 154 valence electrons. The van der Waals surface area contributed by atoms with Crippen LogP contribution in [0.25, 0.3) is 21.9 Å². The van der Waals surface area contributed by atoms with Crippen molar-refractivity contribution in [3.05, 3.63) is 48.9 Å². The fourth-order valence-electron chi connectivity index (χ4n) is 2.92. The Balaban J connectivity index is 2.25. The molecule has 3 aromatic rings. The van der Waals surface area contributed by atoms with Crippen molar-refractivity contribution in [1.82, 2.24) is 9.97 Å². The summed E-state index contributed by atoms with van der Waals surface area (Å²) in [6, 6.07) is 8.51. The van der Waals surface area contributed by atoms with E-state index in [1.807, 2.05) is 0 Å². The van der Waals surface area contributed by atoms with Crippen LogP contribution in [0.15, 0.2) is 48.9 Å². The van der Waals surface area contributed by atoms with E-state index in [-0.39, 0.29) is 16.7 Å². The van der Waals surface area contributed by atoms with Crippen LogP contribution in [-0.2, 0) is 4.74 Å². The first-order valence-corrected chi connectivity index (χ1v) is 9.03. The van der Waals surface area contributed by atoms with Gasteiger partial charge < -0.3 is 19.9 Å². The third kappa shape index (κ3) is 4.39. The minimum Gasteiger partial charge on any atom is -0.464 e. The molecule has 3 rings (SSSR count). The third-order valence-corrected chi connectivity index (χ3v) is 4.17. The fraction of sp³-hybridized carbons (Fsp3) is 0.200. The molecule has 0 aliphatic rings. The summed E-state index contributed by atoms with van der Waals surface area (Å²) in [5.41, 5.74) is 0.646. The lowest BCUT2D eigenvalue weighted by atomic mass is 9.78. The van der Waals surface area contributed by atoms with Gasteiger partial charge in [-0.25, -0.2) is 14.6 Å². The molecule has 0 fully saturated rings. The van der Waals surface area contributed by atoms with Crippen molar-refractivity contribution in [2.24, 2.45) is 0 Å². The predicted octanol–water partition coefficient (Wildman–Crippen LogP) is 2.40. The number of aromatic nitrogens is 2. The van der Waals surface area contributed by atoms with Crippen molar-refractivity contribution < 1.29 is 29.5 Å². The van der Waals surface area contributed by atoms with Crippen LogP contribution >= 0.6 is 0 Å². The second-order valence-electron chi connectivity index (χ2n) is 7.51. The minimum absolute atomic E-state index is 0.0737. The lowest BCUT2D eigenvalue weighted by Gasteiger charge is -2.25. The zero-order valence-electron chi connectivity index (χ0n) is 16.6. The number of amides is 2. The first-order valence-electron chi connectivity index (χ1n) is 9.03. The summed E-state index contributed by atoms with van der Waals surface area (Å²) in [4.78, 5) is 32.9. The molecule has 0 saturated carbocycles. The van der Waals surface area contributed by atoms with E-state index < -0.39 is 24.9 Å². The van der Waals surface area contributed by atoms with Gasteiger partial charge in [-0.2, -0.15) is 4.90 Å². The van der Waals surface area contributed by atoms with E-state index >= 15 is 0 Å². The van der Waals surface area contributed by atoms with Gasteiger partial charge in [-0.15, -0.1) is 0 Å². The summed E-state index contributed by atoms with van der Waals surface area (Å²) < 4.78 is 5.22. The lowest BCUT2D eigenvalue weighted by Crippen LogP contribution is -2.41. The van der Waals surface area contributed by atoms with Gasteiger partial charge in [0.25, 0.3) is 0 Å². The van der Waals surface area contributed by atoms with Gasteiger partial charge in [0.2, 0.25) is 0 Å². The lowest BCUT2D eigenvalue weighted by molar-refractivity contribution is 0.0581. The molecule has 0 atom stereocenters. The summed E-state index contributed by atoms with van der Waals surface area (Å²) >= 11 is 0. The van der Waals surface area contributed by atoms with Crippen LogP contribution in [0.1, 0.15) is 20.8 Å². The summed E-state index contributed by atoms with van der Waals surface area (Å²) in [7, 11) is -1.83. The van der Waals surface area contributed by atoms with E-state index in [2.05, 4.69) is 9.97 Å². The van der Waals surface area contributed by atoms with Gasteiger partial charge in [0, 0.05) is 29.4 Å². The Hall–Kier alpha value is -3.50. The number of pyridine rings is 2. The highest BCUT2D eigenvalue weighted by Crippen LogP contribution is 2.30. The molecule has 0 radical (unpaired) electrons. The summed E-state index contributed by atoms with van der Waals surface area (Å²) in [5, 5.41) is 29.7. The van der Waals surface area contributed by atoms with Crippen molar-refractivity contribution in [2.45, 2.75) is 26.4 Å². The van der Waals surface area contributed by atoms with Crippen molar-refractivity contribution in [1.29, 1.82) is 0 Å². The van der Waals surface area contributed by atoms with Crippen molar-refractivity contribution >= 4 is 41.4 Å². The fourth-order valence-corrected chi connectivity index (χ4v) is 2.92. The number of hydrogen-bond acceptors (Lipinski definition) is 7. The molecule has 30 heavy (non-hydrogen) atoms. The Morgan fingerprint density at radius 3 is 2.27 bits per heavy atom. The molecular weight excluding hydrogens is 389 g/mol. The van der Waals surface area contributed by atoms with Gasteiger partial charge >= 0.3 is 19.3 Å². The maximum absolute atomic E-state index is 12.6. The molecule has 0 spiro atoms. The van der Waals surface area contributed by atoms with Crippen molar-refractivity contribution in [3.63, 3.8) is 0 Å². The van der Waals surface area contributed by atoms with Crippen LogP contribution in [-0.4, -0.2) is 50.0 Å². The molecule has 2 amide bonds. The van der Waals surface area contributed by atoms with Gasteiger partial charge in [-0.05, 0) is 55.5 Å². The average molecular weight is 409 g/mol. The number of hydrogen-bond donors (Lipinski definition) is 3. The Morgan fingerprint density at radius 2 is 1.70 bits per heavy atom. The normalized spacial score (nSPS) is 11.2. The Morgan fingerprint density at radius 1 is 1.03 bits per heavy atom. The first-order chi connectivity index (χ1) is 14.1. The van der Waals surface area contributed by atoms with Crippen molar-refractivity contribution in [3.8, 4) is 11.1 Å². The first kappa shape index (κ1) is 21.2. The maximum atomic E-state index is 12.6. The minimum atomic E-state index is -1.83. The molecule has 0 aliphatic heterocycles. The van der Waals surface area contributed by atoms with Crippen LogP contribution in [0.5, 0.6) is 0 Å². The molecule has 3 N–H and O–H groups in total. The summed E-state index contributed by atoms with van der Waals surface area (Å²) in [5.74, 6) is -0.202. The SMILES string of the molecule is CC(C)(C)OC(=O)N(C(=O)O)c1ncc(B(O)O)c2ccc(-c3ccncc3)cc12. The van der Waals surface area contributed by atoms with Crippen LogP contribution in [0, 0.1) is 0 Å². The summed E-state index contributed by atoms with van der Waals surface area (Å²) in [6.07, 6.45) is 1.64. The maximum Gasteiger partial charge on any atom is 0.490 e. The zero-order chi connectivity index (χ0) is 22.1. The number of carboxylic acid groups (broad SMARTS) is 1. The second-order valence-corrected chi connectivity index (χ2v) is 7.51. The molecule has 1 aromatic carbocycles. The topological polar surface area (TPSA) is 133 Å². The number of carbonyl (C=O) groups excluding carboxylic acids is 1. The van der Waals surface area contributed by atoms with Gasteiger partial charge in [-0.1, -0.05) is 12.1 Å². The van der Waals surface area contributed by atoms with Crippen LogP contribution in [0.3, 0.4) is 0 Å². The van der Waals surface area contributed by atoms with E-state index in [1.54, 1.807) is 63.5 Å². The third-order valence-electron chi connectivity index (χ3n) is 4.17. The van der Waals surface area contributed by atoms with E-state index in [0.717, 1.165) is 11.8 Å². The van der Waals surface area contributed by atoms with E-state index in [1.165, 1.54) is 0 Å². The Labute approximate surface area is 172 Å². The highest BCUT2D eigenvalue weighted by atomic mass is 16.6. The quantitative estimate of drug-likeness (QED) is 0.562. The van der Waals surface area contributed by atoms with Gasteiger partial charge in [0.05, 0.1) is 0 Å². The van der Waals surface area contributed by atoms with Gasteiger partial charge in [0.15, 0.2) is 5.82 Å². The van der Waals surface area contributed by atoms with Crippen LogP contribution in [0.4, 0.5) is 15.4 Å². The molecule has 10 heteroatoms. The predicted molar refractivity (Wildman–Crippen MR) is 112 cm³/mol. The molecule has 9 nitrogen and oxygen atoms in total. The molecule has 0 saturated heterocycles. The number of imide groups is 1. The standard InChI is InChI=1S/C20H20BN3O6/c1-20(2,3)30-19(27)24(18(25)26)17-15-10-13(12-6-8-22-9-7-12)4-5-14(15)16(11-23-17)21(28)29/h4-11,28-29H,1-3H3,(H,25,26). The molecule has 0 aliphatic carbocycles. The monoisotopic (exact) mass is 409 g/mol. The van der Waals surface area contributed by atoms with Crippen molar-refractivity contribution in [2.75, 3.05) is 4.90 Å². The number of benzene rings is 1. The van der Waals surface area contributed by atoms with E-state index in [9.17, 15) is 24.7 Å². The smallest absolute Gasteiger partial charge is 0.464 e. The Kier molecular flexibility index (Phi) is 5.72. The van der Waals surface area contributed by atoms with Crippen LogP contribution < -0.4 is 10.4 Å². The number of ether oxygens (including phenoxy) is 1. The molecular formula is C20H20BN3O6. The number of anilines is 1. The molecule has 2 heterocycles. The van der Waals surface area contributed by atoms with Gasteiger partial charge in [0.1, 0.15) is 5.60 Å². The largest absolute Gasteiger partial charge is 0.490 e. The second kappa shape index (κ2) is 8.09. The van der Waals surface area contributed by atoms with E-state index in [4.69, 9.17) is 4.74 Å². The average Bonchev–Trinajstić information content (AvgIpc) is 2.66. The highest BCUT2D eigenvalue weighted by Gasteiger charge is 2.32. The summed E-state index contributed by atoms with van der Waals surface area (Å²) in [6.45, 7) is 4.84. The number of carbonyl (C=O) groups is 2. The molecule has 2 aromatic heterocycles. The van der Waals surface area contributed by atoms with E-state index in [0.29, 0.717) is 15.8 Å². The highest BCUT2D eigenvalue weighted by molar-refractivity contribution is 6.62. The molecule has 0 unspecified atom stereocenters. The number of fused-ring (bicyclic) bond motifs is 1. The molecule has 0 bridgehead atoms.